The van der Waals surface area contributed by atoms with Gasteiger partial charge >= 0.3 is 0 Å². The molecule has 0 amide bonds. The molecule has 0 saturated heterocycles. The van der Waals surface area contributed by atoms with Crippen LogP contribution in [0.2, 0.25) is 0 Å². The molecule has 0 spiro atoms. The lowest BCUT2D eigenvalue weighted by molar-refractivity contribution is -0.223. The maximum atomic E-state index is 7.34. The number of hydrazone groups is 2. The van der Waals surface area contributed by atoms with Gasteiger partial charge in [0.15, 0.2) is 10.2 Å². The molecule has 5 aliphatic carbocycles. The maximum absolute atomic E-state index is 7.34. The Hall–Kier alpha value is -0.200. The van der Waals surface area contributed by atoms with Crippen molar-refractivity contribution in [2.24, 2.45) is 45.3 Å². The molecule has 0 aromatic carbocycles. The summed E-state index contributed by atoms with van der Waals surface area (Å²) in [5, 5.41) is 8.90. The van der Waals surface area contributed by atoms with E-state index in [1.165, 1.54) is 14.2 Å². The van der Waals surface area contributed by atoms with Crippen molar-refractivity contribution in [1.29, 1.82) is 0 Å². The van der Waals surface area contributed by atoms with Crippen molar-refractivity contribution in [3.8, 4) is 0 Å². The molecule has 8 atom stereocenters. The van der Waals surface area contributed by atoms with Crippen molar-refractivity contribution in [1.82, 2.24) is 10.9 Å². The van der Waals surface area contributed by atoms with Gasteiger partial charge in [-0.1, -0.05) is 0 Å². The summed E-state index contributed by atoms with van der Waals surface area (Å²) in [6.45, 7) is 0. The van der Waals surface area contributed by atoms with E-state index in [2.05, 4.69) is 21.1 Å². The summed E-state index contributed by atoms with van der Waals surface area (Å²) >= 11 is 39.0. The molecule has 14 heteroatoms. The number of thiocarbonyl (C=S) groups is 2. The Morgan fingerprint density at radius 3 is 1.38 bits per heavy atom. The van der Waals surface area contributed by atoms with E-state index in [1.807, 2.05) is 0 Å². The Balaban J connectivity index is 1.81. The fourth-order valence-corrected chi connectivity index (χ4v) is 10.3. The van der Waals surface area contributed by atoms with Crippen LogP contribution in [0.15, 0.2) is 10.2 Å². The first-order valence-electron chi connectivity index (χ1n) is 8.59. The lowest BCUT2D eigenvalue weighted by Crippen LogP contribution is -2.73. The number of hydrogen-bond acceptors (Lipinski definition) is 6. The molecule has 29 heavy (non-hydrogen) atoms. The number of rotatable bonds is 4. The zero-order valence-electron chi connectivity index (χ0n) is 15.0. The van der Waals surface area contributed by atoms with Gasteiger partial charge in [0.25, 0.3) is 0 Å². The Bertz CT molecular complexity index is 878. The zero-order chi connectivity index (χ0) is 21.4. The number of nitrogens with two attached hydrogens (primary N) is 2. The highest BCUT2D eigenvalue weighted by atomic mass is 35.5. The fourth-order valence-electron chi connectivity index (χ4n) is 6.94. The molecule has 0 aliphatic heterocycles. The molecule has 0 heterocycles. The highest BCUT2D eigenvalue weighted by Crippen LogP contribution is 2.95. The van der Waals surface area contributed by atoms with Crippen LogP contribution in [-0.2, 0) is 9.47 Å². The van der Waals surface area contributed by atoms with Gasteiger partial charge in [-0.25, -0.2) is 0 Å². The highest BCUT2D eigenvalue weighted by Gasteiger charge is 3.11. The first-order valence-corrected chi connectivity index (χ1v) is 10.9. The first-order chi connectivity index (χ1) is 13.5. The summed E-state index contributed by atoms with van der Waals surface area (Å²) in [7, 11) is 2.94. The fraction of sp³-hybridized carbons (Fsp3) is 0.733. The van der Waals surface area contributed by atoms with Crippen molar-refractivity contribution < 1.29 is 9.47 Å². The van der Waals surface area contributed by atoms with Crippen molar-refractivity contribution in [2.45, 2.75) is 25.3 Å². The summed E-state index contributed by atoms with van der Waals surface area (Å²) in [5.41, 5.74) is 17.8. The second kappa shape index (κ2) is 5.58. The van der Waals surface area contributed by atoms with Gasteiger partial charge in [-0.05, 0) is 24.4 Å². The van der Waals surface area contributed by atoms with Gasteiger partial charge in [0.05, 0.1) is 0 Å². The number of nitrogens with zero attached hydrogens (tertiary/aromatic N) is 2. The van der Waals surface area contributed by atoms with Gasteiger partial charge in [0.2, 0.25) is 5.79 Å². The van der Waals surface area contributed by atoms with Gasteiger partial charge in [-0.2, -0.15) is 10.2 Å². The quantitative estimate of drug-likeness (QED) is 0.187. The van der Waals surface area contributed by atoms with E-state index in [9.17, 15) is 0 Å². The number of fused-ring (bicyclic) bond motifs is 2. The molecule has 5 fully saturated rings. The van der Waals surface area contributed by atoms with Gasteiger partial charge < -0.3 is 20.9 Å². The van der Waals surface area contributed by atoms with Gasteiger partial charge in [-0.15, -0.1) is 46.4 Å². The van der Waals surface area contributed by atoms with E-state index >= 15 is 0 Å². The van der Waals surface area contributed by atoms with E-state index in [-0.39, 0.29) is 22.1 Å². The van der Waals surface area contributed by atoms with Crippen molar-refractivity contribution in [2.75, 3.05) is 14.2 Å². The van der Waals surface area contributed by atoms with Crippen molar-refractivity contribution in [3.05, 3.63) is 0 Å². The molecule has 5 aliphatic rings. The van der Waals surface area contributed by atoms with Crippen LogP contribution in [0.3, 0.4) is 0 Å². The van der Waals surface area contributed by atoms with Crippen LogP contribution < -0.4 is 22.3 Å². The minimum absolute atomic E-state index is 0.0121. The van der Waals surface area contributed by atoms with Crippen LogP contribution in [-0.4, -0.2) is 61.2 Å². The zero-order valence-corrected chi connectivity index (χ0v) is 19.7. The van der Waals surface area contributed by atoms with Crippen LogP contribution >= 0.6 is 70.8 Å². The molecule has 6 N–H and O–H groups in total. The monoisotopic (exact) mass is 516 g/mol. The third-order valence-corrected chi connectivity index (χ3v) is 11.1. The number of ether oxygens (including phenoxy) is 2. The number of methoxy groups -OCH3 is 2. The minimum Gasteiger partial charge on any atom is -0.375 e. The van der Waals surface area contributed by atoms with E-state index in [0.717, 1.165) is 0 Å². The normalized spacial score (nSPS) is 54.3. The van der Waals surface area contributed by atoms with E-state index in [0.29, 0.717) is 11.4 Å². The smallest absolute Gasteiger partial charge is 0.211 e. The Morgan fingerprint density at radius 2 is 1.10 bits per heavy atom. The van der Waals surface area contributed by atoms with E-state index < -0.39 is 37.1 Å². The third kappa shape index (κ3) is 1.56. The SMILES string of the molecule is COC1(OC)C2(Cl)C3C(=NNC(N)=S)C4C5C(=NNC(N)=S)C3C1(Cl)C5(Cl)C42Cl. The van der Waals surface area contributed by atoms with Crippen LogP contribution in [0.4, 0.5) is 0 Å². The average Bonchev–Trinajstić information content (AvgIpc) is 2.96. The molecule has 5 rings (SSSR count). The largest absolute Gasteiger partial charge is 0.375 e. The molecule has 158 valence electrons. The topological polar surface area (TPSA) is 119 Å². The van der Waals surface area contributed by atoms with E-state index in [1.54, 1.807) is 0 Å². The standard InChI is InChI=1S/C15H16Cl4N6O2S2/c1-26-15(27-2)13(18)5-6-8(23-25-10(21)29)4-3(7(5)22-24-9(20)28)11(13,16)12(4,17)14(6,15)19/h3-6H,1-2H3,(H3,20,24,28)(H3,21,25,29). The predicted octanol–water partition coefficient (Wildman–Crippen LogP) is 0.797. The molecule has 2 bridgehead atoms. The average molecular weight is 518 g/mol. The van der Waals surface area contributed by atoms with Crippen molar-refractivity contribution in [3.63, 3.8) is 0 Å². The molecule has 0 aromatic heterocycles. The molecule has 8 nitrogen and oxygen atoms in total. The summed E-state index contributed by atoms with van der Waals surface area (Å²) in [6.07, 6.45) is 0. The highest BCUT2D eigenvalue weighted by molar-refractivity contribution is 7.80. The molecule has 0 radical (unpaired) electrons. The number of alkyl halides is 4. The summed E-state index contributed by atoms with van der Waals surface area (Å²) in [4.78, 5) is -5.06. The second-order valence-electron chi connectivity index (χ2n) is 7.81. The Labute approximate surface area is 196 Å². The number of nitrogens with one attached hydrogen (secondary N) is 2. The first kappa shape index (κ1) is 20.7. The lowest BCUT2D eigenvalue weighted by Gasteiger charge is -2.58. The lowest BCUT2D eigenvalue weighted by atomic mass is 9.57. The van der Waals surface area contributed by atoms with Crippen LogP contribution in [0.1, 0.15) is 0 Å². The molecule has 0 aromatic rings. The van der Waals surface area contributed by atoms with E-state index in [4.69, 9.17) is 91.8 Å². The molecule has 8 unspecified atom stereocenters. The van der Waals surface area contributed by atoms with Crippen molar-refractivity contribution >= 4 is 92.5 Å². The van der Waals surface area contributed by atoms with Crippen LogP contribution in [0.25, 0.3) is 0 Å². The van der Waals surface area contributed by atoms with Crippen LogP contribution in [0.5, 0.6) is 0 Å². The number of hydrogen-bond donors (Lipinski definition) is 4. The maximum Gasteiger partial charge on any atom is 0.211 e. The summed E-state index contributed by atoms with van der Waals surface area (Å²) in [6, 6.07) is 0. The predicted molar refractivity (Wildman–Crippen MR) is 120 cm³/mol. The summed E-state index contributed by atoms with van der Waals surface area (Å²) < 4.78 is 11.8. The second-order valence-corrected chi connectivity index (χ2v) is 11.1. The molecular weight excluding hydrogens is 502 g/mol. The van der Waals surface area contributed by atoms with Crippen LogP contribution in [0, 0.1) is 23.7 Å². The third-order valence-electron chi connectivity index (χ3n) is 7.37. The summed E-state index contributed by atoms with van der Waals surface area (Å²) in [5.74, 6) is -3.27. The van der Waals surface area contributed by atoms with Gasteiger partial charge in [0, 0.05) is 49.3 Å². The minimum atomic E-state index is -1.50. The van der Waals surface area contributed by atoms with Gasteiger partial charge in [0.1, 0.15) is 19.5 Å². The molecular formula is C15H16Cl4N6O2S2. The Kier molecular flexibility index (Phi) is 3.98. The Morgan fingerprint density at radius 1 is 0.793 bits per heavy atom. The molecule has 5 saturated carbocycles. The van der Waals surface area contributed by atoms with Gasteiger partial charge in [-0.3, -0.25) is 10.9 Å². The number of halogens is 4.